The molecule has 2 aromatic carbocycles. The number of halogens is 1. The molecule has 1 atom stereocenters. The molecule has 10 heteroatoms. The number of benzene rings is 2. The van der Waals surface area contributed by atoms with Crippen molar-refractivity contribution in [2.75, 3.05) is 24.5 Å². The second kappa shape index (κ2) is 8.62. The van der Waals surface area contributed by atoms with Crippen LogP contribution in [0.3, 0.4) is 0 Å². The van der Waals surface area contributed by atoms with E-state index in [-0.39, 0.29) is 19.0 Å². The highest BCUT2D eigenvalue weighted by Crippen LogP contribution is 2.30. The molecule has 0 radical (unpaired) electrons. The molecule has 2 amide bonds. The summed E-state index contributed by atoms with van der Waals surface area (Å²) in [5, 5.41) is 10.4. The van der Waals surface area contributed by atoms with E-state index in [1.54, 1.807) is 12.1 Å². The van der Waals surface area contributed by atoms with Gasteiger partial charge in [0.05, 0.1) is 31.9 Å². The van der Waals surface area contributed by atoms with Crippen LogP contribution in [0, 0.1) is 5.82 Å². The Hall–Kier alpha value is -3.79. The maximum Gasteiger partial charge on any atom is 0.414 e. The van der Waals surface area contributed by atoms with Crippen molar-refractivity contribution >= 4 is 17.7 Å². The number of hydrogen-bond acceptors (Lipinski definition) is 6. The number of fused-ring (bicyclic) bond motifs is 1. The molecule has 0 unspecified atom stereocenters. The smallest absolute Gasteiger partial charge is 0.414 e. The van der Waals surface area contributed by atoms with Crippen molar-refractivity contribution in [3.8, 4) is 22.5 Å². The fourth-order valence-corrected chi connectivity index (χ4v) is 3.99. The van der Waals surface area contributed by atoms with E-state index in [1.807, 2.05) is 28.9 Å². The van der Waals surface area contributed by atoms with Crippen LogP contribution >= 0.6 is 0 Å². The van der Waals surface area contributed by atoms with Gasteiger partial charge in [0.15, 0.2) is 5.82 Å². The number of cyclic esters (lactones) is 1. The molecule has 1 aromatic heterocycles. The molecule has 5 rings (SSSR count). The van der Waals surface area contributed by atoms with Crippen LogP contribution in [0.25, 0.3) is 22.5 Å². The van der Waals surface area contributed by atoms with Gasteiger partial charge in [-0.15, -0.1) is 0 Å². The van der Waals surface area contributed by atoms with Gasteiger partial charge in [-0.3, -0.25) is 9.69 Å². The van der Waals surface area contributed by atoms with E-state index in [0.717, 1.165) is 24.5 Å². The lowest BCUT2D eigenvalue weighted by molar-refractivity contribution is -0.119. The number of hydrogen-bond donors (Lipinski definition) is 2. The molecule has 0 spiro atoms. The molecule has 170 valence electrons. The fourth-order valence-electron chi connectivity index (χ4n) is 3.99. The highest BCUT2D eigenvalue weighted by Gasteiger charge is 2.32. The number of amides is 2. The summed E-state index contributed by atoms with van der Waals surface area (Å²) in [4.78, 5) is 29.2. The molecule has 33 heavy (non-hydrogen) atoms. The minimum atomic E-state index is -0.563. The molecular formula is C23H23FN6O3. The quantitative estimate of drug-likeness (QED) is 0.619. The molecule has 0 saturated carbocycles. The standard InChI is InChI=1S/C23H23FN6O3/c1-14(31)26-11-18-13-29(23(32)33-18)17-6-7-19(20(24)10-17)15-2-4-16(5-3-15)22-27-21-12-25-8-9-30(21)28-22/h2-7,10,18,25H,8-9,11-13H2,1H3,(H,26,31)/t18-/m0/s1. The lowest BCUT2D eigenvalue weighted by Crippen LogP contribution is -2.33. The van der Waals surface area contributed by atoms with Crippen molar-refractivity contribution in [1.82, 2.24) is 25.4 Å². The van der Waals surface area contributed by atoms with Gasteiger partial charge in [0, 0.05) is 24.6 Å². The molecule has 2 aliphatic rings. The Balaban J connectivity index is 1.32. The third-order valence-corrected chi connectivity index (χ3v) is 5.70. The number of carbonyl (C=O) groups excluding carboxylic acids is 2. The van der Waals surface area contributed by atoms with Gasteiger partial charge in [-0.1, -0.05) is 24.3 Å². The summed E-state index contributed by atoms with van der Waals surface area (Å²) >= 11 is 0. The summed E-state index contributed by atoms with van der Waals surface area (Å²) in [6, 6.07) is 12.1. The zero-order valence-electron chi connectivity index (χ0n) is 18.0. The summed E-state index contributed by atoms with van der Waals surface area (Å²) in [7, 11) is 0. The lowest BCUT2D eigenvalue weighted by atomic mass is 10.0. The average Bonchev–Trinajstić information content (AvgIpc) is 3.41. The van der Waals surface area contributed by atoms with Crippen molar-refractivity contribution in [2.45, 2.75) is 26.1 Å². The molecule has 2 aliphatic heterocycles. The van der Waals surface area contributed by atoms with E-state index < -0.39 is 18.0 Å². The van der Waals surface area contributed by atoms with Crippen LogP contribution in [0.2, 0.25) is 0 Å². The van der Waals surface area contributed by atoms with Crippen LogP contribution in [0.5, 0.6) is 0 Å². The van der Waals surface area contributed by atoms with E-state index in [1.165, 1.54) is 17.9 Å². The number of rotatable bonds is 5. The summed E-state index contributed by atoms with van der Waals surface area (Å²) in [6.45, 7) is 4.21. The van der Waals surface area contributed by atoms with Crippen molar-refractivity contribution < 1.29 is 18.7 Å². The molecule has 1 saturated heterocycles. The third-order valence-electron chi connectivity index (χ3n) is 5.70. The van der Waals surface area contributed by atoms with Gasteiger partial charge in [-0.25, -0.2) is 18.9 Å². The first-order valence-corrected chi connectivity index (χ1v) is 10.8. The first kappa shape index (κ1) is 21.1. The van der Waals surface area contributed by atoms with Crippen molar-refractivity contribution in [3.05, 3.63) is 54.1 Å². The highest BCUT2D eigenvalue weighted by molar-refractivity contribution is 5.90. The summed E-state index contributed by atoms with van der Waals surface area (Å²) < 4.78 is 22.1. The molecule has 0 bridgehead atoms. The monoisotopic (exact) mass is 450 g/mol. The minimum Gasteiger partial charge on any atom is -0.442 e. The Bertz CT molecular complexity index is 1190. The summed E-state index contributed by atoms with van der Waals surface area (Å²) in [6.07, 6.45) is -1.04. The normalized spacial score (nSPS) is 17.6. The van der Waals surface area contributed by atoms with Gasteiger partial charge < -0.3 is 15.4 Å². The summed E-state index contributed by atoms with van der Waals surface area (Å²) in [5.41, 5.74) is 2.40. The Labute approximate surface area is 189 Å². The number of aromatic nitrogens is 3. The van der Waals surface area contributed by atoms with Crippen LogP contribution in [-0.2, 0) is 22.6 Å². The van der Waals surface area contributed by atoms with Gasteiger partial charge >= 0.3 is 6.09 Å². The largest absolute Gasteiger partial charge is 0.442 e. The van der Waals surface area contributed by atoms with Crippen LogP contribution < -0.4 is 15.5 Å². The molecule has 1 fully saturated rings. The fraction of sp³-hybridized carbons (Fsp3) is 0.304. The maximum absolute atomic E-state index is 15.0. The Morgan fingerprint density at radius 2 is 2.03 bits per heavy atom. The topological polar surface area (TPSA) is 101 Å². The van der Waals surface area contributed by atoms with Crippen LogP contribution in [-0.4, -0.2) is 52.5 Å². The number of nitrogens with one attached hydrogen (secondary N) is 2. The Morgan fingerprint density at radius 3 is 2.76 bits per heavy atom. The van der Waals surface area contributed by atoms with Gasteiger partial charge in [-0.05, 0) is 23.8 Å². The van der Waals surface area contributed by atoms with Gasteiger partial charge in [-0.2, -0.15) is 5.10 Å². The third kappa shape index (κ3) is 4.29. The van der Waals surface area contributed by atoms with Gasteiger partial charge in [0.1, 0.15) is 17.7 Å². The van der Waals surface area contributed by atoms with Crippen LogP contribution in [0.1, 0.15) is 12.7 Å². The van der Waals surface area contributed by atoms with Gasteiger partial charge in [0.25, 0.3) is 0 Å². The van der Waals surface area contributed by atoms with Crippen molar-refractivity contribution in [3.63, 3.8) is 0 Å². The van der Waals surface area contributed by atoms with Crippen molar-refractivity contribution in [1.29, 1.82) is 0 Å². The van der Waals surface area contributed by atoms with E-state index in [2.05, 4.69) is 20.7 Å². The van der Waals surface area contributed by atoms with E-state index in [9.17, 15) is 14.0 Å². The second-order valence-electron chi connectivity index (χ2n) is 8.05. The van der Waals surface area contributed by atoms with Gasteiger partial charge in [0.2, 0.25) is 5.91 Å². The number of carbonyl (C=O) groups is 2. The minimum absolute atomic E-state index is 0.203. The molecular weight excluding hydrogens is 427 g/mol. The Kier molecular flexibility index (Phi) is 5.51. The molecule has 0 aliphatic carbocycles. The zero-order valence-corrected chi connectivity index (χ0v) is 18.0. The maximum atomic E-state index is 15.0. The predicted molar refractivity (Wildman–Crippen MR) is 119 cm³/mol. The number of ether oxygens (including phenoxy) is 1. The number of nitrogens with zero attached hydrogens (tertiary/aromatic N) is 4. The first-order valence-electron chi connectivity index (χ1n) is 10.8. The van der Waals surface area contributed by atoms with E-state index in [0.29, 0.717) is 29.2 Å². The lowest BCUT2D eigenvalue weighted by Gasteiger charge is -2.14. The molecule has 3 aromatic rings. The van der Waals surface area contributed by atoms with Crippen LogP contribution in [0.4, 0.5) is 14.9 Å². The van der Waals surface area contributed by atoms with E-state index >= 15 is 0 Å². The Morgan fingerprint density at radius 1 is 1.24 bits per heavy atom. The molecule has 2 N–H and O–H groups in total. The van der Waals surface area contributed by atoms with E-state index in [4.69, 9.17) is 4.74 Å². The first-order chi connectivity index (χ1) is 16.0. The average molecular weight is 450 g/mol. The van der Waals surface area contributed by atoms with Crippen LogP contribution in [0.15, 0.2) is 42.5 Å². The molecule has 3 heterocycles. The highest BCUT2D eigenvalue weighted by atomic mass is 19.1. The van der Waals surface area contributed by atoms with Crippen molar-refractivity contribution in [2.24, 2.45) is 0 Å². The summed E-state index contributed by atoms with van der Waals surface area (Å²) in [5.74, 6) is 0.908. The SMILES string of the molecule is CC(=O)NC[C@H]1CN(c2ccc(-c3ccc(-c4nc5n(n4)CCNC5)cc3)c(F)c2)C(=O)O1. The second-order valence-corrected chi connectivity index (χ2v) is 8.05. The molecule has 9 nitrogen and oxygen atoms in total. The number of anilines is 1. The predicted octanol–water partition coefficient (Wildman–Crippen LogP) is 2.32. The zero-order chi connectivity index (χ0) is 22.9.